The van der Waals surface area contributed by atoms with Crippen LogP contribution in [0.4, 0.5) is 0 Å². The van der Waals surface area contributed by atoms with Gasteiger partial charge in [-0.05, 0) is 25.1 Å². The fraction of sp³-hybridized carbons (Fsp3) is 0.417. The summed E-state index contributed by atoms with van der Waals surface area (Å²) in [5, 5.41) is 21.7. The van der Waals surface area contributed by atoms with Gasteiger partial charge in [-0.2, -0.15) is 0 Å². The van der Waals surface area contributed by atoms with E-state index >= 15 is 0 Å². The van der Waals surface area contributed by atoms with Crippen molar-refractivity contribution in [3.05, 3.63) is 23.8 Å². The number of rotatable bonds is 4. The summed E-state index contributed by atoms with van der Waals surface area (Å²) in [7, 11) is 0. The lowest BCUT2D eigenvalue weighted by Gasteiger charge is -2.24. The number of hydrogen-bond donors (Lipinski definition) is 3. The highest BCUT2D eigenvalue weighted by Crippen LogP contribution is 2.39. The molecule has 0 bridgehead atoms. The second-order valence-corrected chi connectivity index (χ2v) is 4.11. The fourth-order valence-electron chi connectivity index (χ4n) is 1.98. The predicted octanol–water partition coefficient (Wildman–Crippen LogP) is 1.06. The van der Waals surface area contributed by atoms with Crippen LogP contribution in [0.25, 0.3) is 0 Å². The molecule has 17 heavy (non-hydrogen) atoms. The van der Waals surface area contributed by atoms with Gasteiger partial charge in [-0.1, -0.05) is 6.92 Å². The number of nitrogens with one attached hydrogen (secondary N) is 1. The second-order valence-electron chi connectivity index (χ2n) is 4.11. The van der Waals surface area contributed by atoms with Gasteiger partial charge in [0.05, 0.1) is 0 Å². The molecule has 1 unspecified atom stereocenters. The average Bonchev–Trinajstić information content (AvgIpc) is 2.65. The molecule has 1 aliphatic heterocycles. The topological polar surface area (TPSA) is 78.8 Å². The zero-order valence-electron chi connectivity index (χ0n) is 9.56. The van der Waals surface area contributed by atoms with Gasteiger partial charge in [0.1, 0.15) is 18.1 Å². The first kappa shape index (κ1) is 11.7. The number of hydrogen-bond acceptors (Lipinski definition) is 4. The molecule has 0 radical (unpaired) electrons. The first-order valence-electron chi connectivity index (χ1n) is 5.55. The van der Waals surface area contributed by atoms with Crippen LogP contribution < -0.4 is 10.1 Å². The maximum Gasteiger partial charge on any atom is 0.332 e. The third-order valence-electron chi connectivity index (χ3n) is 2.91. The third kappa shape index (κ3) is 1.82. The quantitative estimate of drug-likeness (QED) is 0.730. The number of carboxylic acids is 1. The highest BCUT2D eigenvalue weighted by atomic mass is 16.5. The molecule has 0 aromatic heterocycles. The Morgan fingerprint density at radius 3 is 3.00 bits per heavy atom. The van der Waals surface area contributed by atoms with Crippen molar-refractivity contribution in [1.82, 2.24) is 5.32 Å². The van der Waals surface area contributed by atoms with Crippen molar-refractivity contribution in [3.8, 4) is 11.5 Å². The van der Waals surface area contributed by atoms with Crippen LogP contribution in [0.1, 0.15) is 18.9 Å². The van der Waals surface area contributed by atoms with E-state index in [1.54, 1.807) is 6.07 Å². The number of phenols is 1. The van der Waals surface area contributed by atoms with Crippen LogP contribution >= 0.6 is 0 Å². The van der Waals surface area contributed by atoms with Crippen molar-refractivity contribution in [1.29, 1.82) is 0 Å². The Hall–Kier alpha value is -1.75. The molecule has 3 N–H and O–H groups in total. The lowest BCUT2D eigenvalue weighted by atomic mass is 9.92. The summed E-state index contributed by atoms with van der Waals surface area (Å²) in [6.45, 7) is 2.60. The van der Waals surface area contributed by atoms with Crippen LogP contribution in [-0.4, -0.2) is 29.3 Å². The smallest absolute Gasteiger partial charge is 0.332 e. The van der Waals surface area contributed by atoms with Gasteiger partial charge in [-0.3, -0.25) is 5.32 Å². The van der Waals surface area contributed by atoms with Gasteiger partial charge in [0.15, 0.2) is 5.54 Å². The summed E-state index contributed by atoms with van der Waals surface area (Å²) in [5.41, 5.74) is -0.629. The average molecular weight is 237 g/mol. The number of aromatic hydroxyl groups is 1. The lowest BCUT2D eigenvalue weighted by molar-refractivity contribution is -0.145. The highest BCUT2D eigenvalue weighted by Gasteiger charge is 2.47. The number of aliphatic carboxylic acids is 1. The summed E-state index contributed by atoms with van der Waals surface area (Å²) in [6.07, 6.45) is 0.836. The third-order valence-corrected chi connectivity index (χ3v) is 2.91. The molecule has 0 aliphatic carbocycles. The van der Waals surface area contributed by atoms with E-state index in [1.807, 2.05) is 6.92 Å². The summed E-state index contributed by atoms with van der Waals surface area (Å²) >= 11 is 0. The van der Waals surface area contributed by atoms with Gasteiger partial charge in [-0.25, -0.2) is 4.79 Å². The normalized spacial score (nSPS) is 21.9. The van der Waals surface area contributed by atoms with Crippen molar-refractivity contribution in [3.63, 3.8) is 0 Å². The van der Waals surface area contributed by atoms with E-state index in [1.165, 1.54) is 12.1 Å². The number of phenolic OH excluding ortho intramolecular Hbond substituents is 1. The molecule has 1 aromatic rings. The molecular formula is C12H15NO4. The molecule has 5 heteroatoms. The zero-order chi connectivity index (χ0) is 12.5. The molecule has 0 fully saturated rings. The van der Waals surface area contributed by atoms with Gasteiger partial charge in [0, 0.05) is 11.6 Å². The minimum atomic E-state index is -1.20. The van der Waals surface area contributed by atoms with Crippen LogP contribution in [0.15, 0.2) is 18.2 Å². The Labute approximate surface area is 99.0 Å². The number of carbonyl (C=O) groups is 1. The molecule has 5 nitrogen and oxygen atoms in total. The zero-order valence-corrected chi connectivity index (χ0v) is 9.56. The Morgan fingerprint density at radius 1 is 1.59 bits per heavy atom. The lowest BCUT2D eigenvalue weighted by Crippen LogP contribution is -2.50. The molecule has 0 spiro atoms. The SMILES string of the molecule is CCCNC1(C(=O)O)COc2cc(O)ccc21. The van der Waals surface area contributed by atoms with Crippen LogP contribution in [0.2, 0.25) is 0 Å². The maximum absolute atomic E-state index is 11.5. The molecule has 0 saturated heterocycles. The number of fused-ring (bicyclic) bond motifs is 1. The second kappa shape index (κ2) is 4.25. The van der Waals surface area contributed by atoms with Gasteiger partial charge in [-0.15, -0.1) is 0 Å². The van der Waals surface area contributed by atoms with E-state index in [-0.39, 0.29) is 12.4 Å². The highest BCUT2D eigenvalue weighted by molar-refractivity contribution is 5.83. The Kier molecular flexibility index (Phi) is 2.93. The van der Waals surface area contributed by atoms with Gasteiger partial charge in [0.2, 0.25) is 0 Å². The predicted molar refractivity (Wildman–Crippen MR) is 61.2 cm³/mol. The van der Waals surface area contributed by atoms with Crippen molar-refractivity contribution in [2.45, 2.75) is 18.9 Å². The van der Waals surface area contributed by atoms with Crippen molar-refractivity contribution in [2.75, 3.05) is 13.2 Å². The molecule has 1 aliphatic rings. The molecule has 92 valence electrons. The Balaban J connectivity index is 2.42. The van der Waals surface area contributed by atoms with Crippen molar-refractivity contribution < 1.29 is 19.7 Å². The van der Waals surface area contributed by atoms with Gasteiger partial charge in [0.25, 0.3) is 0 Å². The van der Waals surface area contributed by atoms with Crippen molar-refractivity contribution in [2.24, 2.45) is 0 Å². The summed E-state index contributed by atoms with van der Waals surface area (Å²) in [4.78, 5) is 11.5. The van der Waals surface area contributed by atoms with E-state index in [9.17, 15) is 15.0 Å². The largest absolute Gasteiger partial charge is 0.508 e. The molecule has 1 heterocycles. The van der Waals surface area contributed by atoms with Crippen LogP contribution in [0.3, 0.4) is 0 Å². The molecule has 2 rings (SSSR count). The van der Waals surface area contributed by atoms with E-state index in [4.69, 9.17) is 4.74 Å². The first-order chi connectivity index (χ1) is 8.10. The fourth-order valence-corrected chi connectivity index (χ4v) is 1.98. The van der Waals surface area contributed by atoms with Crippen LogP contribution in [0, 0.1) is 0 Å². The maximum atomic E-state index is 11.5. The minimum absolute atomic E-state index is 0.0428. The standard InChI is InChI=1S/C12H15NO4/c1-2-5-13-12(11(15)16)7-17-10-6-8(14)3-4-9(10)12/h3-4,6,13-14H,2,5,7H2,1H3,(H,15,16). The molecular weight excluding hydrogens is 222 g/mol. The monoisotopic (exact) mass is 237 g/mol. The molecule has 0 amide bonds. The minimum Gasteiger partial charge on any atom is -0.508 e. The summed E-state index contributed by atoms with van der Waals surface area (Å²) in [6, 6.07) is 4.50. The molecule has 0 saturated carbocycles. The summed E-state index contributed by atoms with van der Waals surface area (Å²) < 4.78 is 5.35. The van der Waals surface area contributed by atoms with E-state index < -0.39 is 11.5 Å². The number of ether oxygens (including phenoxy) is 1. The van der Waals surface area contributed by atoms with E-state index in [0.29, 0.717) is 17.9 Å². The summed E-state index contributed by atoms with van der Waals surface area (Å²) in [5.74, 6) is -0.466. The van der Waals surface area contributed by atoms with E-state index in [2.05, 4.69) is 5.32 Å². The Morgan fingerprint density at radius 2 is 2.35 bits per heavy atom. The van der Waals surface area contributed by atoms with Crippen LogP contribution in [0.5, 0.6) is 11.5 Å². The molecule has 1 aromatic carbocycles. The van der Waals surface area contributed by atoms with Gasteiger partial charge >= 0.3 is 5.97 Å². The van der Waals surface area contributed by atoms with Crippen LogP contribution in [-0.2, 0) is 10.3 Å². The number of benzene rings is 1. The van der Waals surface area contributed by atoms with Crippen molar-refractivity contribution >= 4 is 5.97 Å². The number of carboxylic acid groups (broad SMARTS) is 1. The van der Waals surface area contributed by atoms with E-state index in [0.717, 1.165) is 6.42 Å². The molecule has 1 atom stereocenters. The van der Waals surface area contributed by atoms with Gasteiger partial charge < -0.3 is 14.9 Å². The Bertz CT molecular complexity index is 446. The first-order valence-corrected chi connectivity index (χ1v) is 5.55.